The van der Waals surface area contributed by atoms with E-state index in [0.717, 1.165) is 12.6 Å². The quantitative estimate of drug-likeness (QED) is 0.713. The topological polar surface area (TPSA) is 3.24 Å². The van der Waals surface area contributed by atoms with Crippen LogP contribution >= 0.6 is 0 Å². The molecule has 1 aliphatic rings. The van der Waals surface area contributed by atoms with Crippen LogP contribution in [0.5, 0.6) is 0 Å². The Bertz CT molecular complexity index is 323. The number of hydrogen-bond donors (Lipinski definition) is 0. The number of hydrogen-bond acceptors (Lipinski definition) is 1. The van der Waals surface area contributed by atoms with Crippen molar-refractivity contribution in [3.8, 4) is 0 Å². The van der Waals surface area contributed by atoms with Gasteiger partial charge in [0.05, 0.1) is 0 Å². The maximum Gasteiger partial charge on any atom is 0.0241 e. The fraction of sp³-hybridized carbons (Fsp3) is 0.571. The van der Waals surface area contributed by atoms with E-state index < -0.39 is 0 Å². The minimum Gasteiger partial charge on any atom is -0.296 e. The van der Waals surface area contributed by atoms with Crippen molar-refractivity contribution in [1.82, 2.24) is 4.90 Å². The van der Waals surface area contributed by atoms with Crippen LogP contribution in [0.25, 0.3) is 0 Å². The molecule has 0 radical (unpaired) electrons. The van der Waals surface area contributed by atoms with Crippen LogP contribution in [-0.4, -0.2) is 17.5 Å². The lowest BCUT2D eigenvalue weighted by Gasteiger charge is -2.23. The van der Waals surface area contributed by atoms with E-state index in [1.54, 1.807) is 0 Å². The van der Waals surface area contributed by atoms with Gasteiger partial charge < -0.3 is 0 Å². The van der Waals surface area contributed by atoms with Crippen LogP contribution in [0.1, 0.15) is 36.5 Å². The fourth-order valence-corrected chi connectivity index (χ4v) is 2.53. The summed E-state index contributed by atoms with van der Waals surface area (Å²) in [5.74, 6) is 0. The SMILES string of the molecule is Cc1cccc(C)c1CN1CCCC1C. The Labute approximate surface area is 93.1 Å². The van der Waals surface area contributed by atoms with Crippen molar-refractivity contribution in [2.75, 3.05) is 6.54 Å². The fourth-order valence-electron chi connectivity index (χ4n) is 2.53. The Morgan fingerprint density at radius 2 is 1.93 bits per heavy atom. The summed E-state index contributed by atoms with van der Waals surface area (Å²) >= 11 is 0. The number of likely N-dealkylation sites (tertiary alicyclic amines) is 1. The molecule has 0 spiro atoms. The third-order valence-corrected chi connectivity index (χ3v) is 3.70. The average Bonchev–Trinajstić information content (AvgIpc) is 2.58. The lowest BCUT2D eigenvalue weighted by molar-refractivity contribution is 0.259. The van der Waals surface area contributed by atoms with Gasteiger partial charge in [-0.1, -0.05) is 18.2 Å². The van der Waals surface area contributed by atoms with Crippen LogP contribution in [-0.2, 0) is 6.54 Å². The van der Waals surface area contributed by atoms with E-state index in [0.29, 0.717) is 0 Å². The Balaban J connectivity index is 2.16. The molecule has 0 aromatic heterocycles. The summed E-state index contributed by atoms with van der Waals surface area (Å²) in [5, 5.41) is 0. The Morgan fingerprint density at radius 1 is 1.27 bits per heavy atom. The van der Waals surface area contributed by atoms with Gasteiger partial charge in [-0.15, -0.1) is 0 Å². The summed E-state index contributed by atoms with van der Waals surface area (Å²) in [7, 11) is 0. The van der Waals surface area contributed by atoms with E-state index >= 15 is 0 Å². The van der Waals surface area contributed by atoms with E-state index in [9.17, 15) is 0 Å². The van der Waals surface area contributed by atoms with Crippen LogP contribution in [0.4, 0.5) is 0 Å². The summed E-state index contributed by atoms with van der Waals surface area (Å²) in [6.07, 6.45) is 2.73. The lowest BCUT2D eigenvalue weighted by atomic mass is 10.0. The van der Waals surface area contributed by atoms with Gasteiger partial charge in [-0.05, 0) is 56.8 Å². The summed E-state index contributed by atoms with van der Waals surface area (Å²) in [5.41, 5.74) is 4.41. The van der Waals surface area contributed by atoms with Crippen molar-refractivity contribution in [3.63, 3.8) is 0 Å². The van der Waals surface area contributed by atoms with Crippen LogP contribution < -0.4 is 0 Å². The molecule has 15 heavy (non-hydrogen) atoms. The van der Waals surface area contributed by atoms with Crippen LogP contribution in [0.2, 0.25) is 0 Å². The molecule has 1 aliphatic heterocycles. The molecule has 0 saturated carbocycles. The van der Waals surface area contributed by atoms with Gasteiger partial charge in [0.15, 0.2) is 0 Å². The molecular formula is C14H21N. The Kier molecular flexibility index (Phi) is 3.11. The molecule has 1 heterocycles. The highest BCUT2D eigenvalue weighted by Crippen LogP contribution is 2.22. The van der Waals surface area contributed by atoms with Gasteiger partial charge in [-0.25, -0.2) is 0 Å². The highest BCUT2D eigenvalue weighted by atomic mass is 15.2. The molecule has 82 valence electrons. The first kappa shape index (κ1) is 10.7. The van der Waals surface area contributed by atoms with Crippen LogP contribution in [0.3, 0.4) is 0 Å². The number of rotatable bonds is 2. The molecule has 1 heteroatoms. The van der Waals surface area contributed by atoms with Crippen molar-refractivity contribution >= 4 is 0 Å². The second-order valence-electron chi connectivity index (χ2n) is 4.83. The minimum absolute atomic E-state index is 0.768. The molecule has 1 unspecified atom stereocenters. The summed E-state index contributed by atoms with van der Waals surface area (Å²) in [6, 6.07) is 7.37. The third kappa shape index (κ3) is 2.23. The molecule has 1 aromatic rings. The molecule has 1 fully saturated rings. The van der Waals surface area contributed by atoms with Gasteiger partial charge in [-0.2, -0.15) is 0 Å². The normalized spacial score (nSPS) is 22.2. The van der Waals surface area contributed by atoms with Gasteiger partial charge in [0.1, 0.15) is 0 Å². The predicted molar refractivity (Wildman–Crippen MR) is 65.0 cm³/mol. The van der Waals surface area contributed by atoms with Crippen molar-refractivity contribution in [3.05, 3.63) is 34.9 Å². The number of aryl methyl sites for hydroxylation is 2. The van der Waals surface area contributed by atoms with E-state index in [2.05, 4.69) is 43.9 Å². The van der Waals surface area contributed by atoms with Gasteiger partial charge in [0.25, 0.3) is 0 Å². The summed E-state index contributed by atoms with van der Waals surface area (Å²) in [6.45, 7) is 9.21. The largest absolute Gasteiger partial charge is 0.296 e. The van der Waals surface area contributed by atoms with Crippen molar-refractivity contribution in [2.45, 2.75) is 46.2 Å². The molecular weight excluding hydrogens is 182 g/mol. The van der Waals surface area contributed by atoms with Crippen LogP contribution in [0, 0.1) is 13.8 Å². The number of benzene rings is 1. The molecule has 1 atom stereocenters. The molecule has 2 rings (SSSR count). The minimum atomic E-state index is 0.768. The first-order valence-electron chi connectivity index (χ1n) is 5.97. The second-order valence-corrected chi connectivity index (χ2v) is 4.83. The first-order chi connectivity index (χ1) is 7.18. The highest BCUT2D eigenvalue weighted by Gasteiger charge is 2.20. The maximum atomic E-state index is 2.61. The molecule has 1 nitrogen and oxygen atoms in total. The smallest absolute Gasteiger partial charge is 0.0241 e. The van der Waals surface area contributed by atoms with Crippen LogP contribution in [0.15, 0.2) is 18.2 Å². The molecule has 0 N–H and O–H groups in total. The molecule has 0 bridgehead atoms. The number of nitrogens with zero attached hydrogens (tertiary/aromatic N) is 1. The van der Waals surface area contributed by atoms with Crippen molar-refractivity contribution in [1.29, 1.82) is 0 Å². The zero-order chi connectivity index (χ0) is 10.8. The van der Waals surface area contributed by atoms with Gasteiger partial charge >= 0.3 is 0 Å². The van der Waals surface area contributed by atoms with E-state index in [1.165, 1.54) is 36.1 Å². The first-order valence-corrected chi connectivity index (χ1v) is 5.97. The maximum absolute atomic E-state index is 2.61. The Morgan fingerprint density at radius 3 is 2.47 bits per heavy atom. The highest BCUT2D eigenvalue weighted by molar-refractivity contribution is 5.33. The Hall–Kier alpha value is -0.820. The monoisotopic (exact) mass is 203 g/mol. The molecule has 1 aromatic carbocycles. The van der Waals surface area contributed by atoms with E-state index in [-0.39, 0.29) is 0 Å². The average molecular weight is 203 g/mol. The summed E-state index contributed by atoms with van der Waals surface area (Å²) < 4.78 is 0. The standard InChI is InChI=1S/C14H21N/c1-11-6-4-7-12(2)14(11)10-15-9-5-8-13(15)3/h4,6-7,13H,5,8-10H2,1-3H3. The second kappa shape index (κ2) is 4.36. The van der Waals surface area contributed by atoms with Crippen molar-refractivity contribution < 1.29 is 0 Å². The lowest BCUT2D eigenvalue weighted by Crippen LogP contribution is -2.26. The zero-order valence-electron chi connectivity index (χ0n) is 10.1. The van der Waals surface area contributed by atoms with Gasteiger partial charge in [0, 0.05) is 12.6 Å². The molecule has 1 saturated heterocycles. The van der Waals surface area contributed by atoms with Gasteiger partial charge in [0.2, 0.25) is 0 Å². The van der Waals surface area contributed by atoms with Crippen molar-refractivity contribution in [2.24, 2.45) is 0 Å². The summed E-state index contributed by atoms with van der Waals surface area (Å²) in [4.78, 5) is 2.61. The predicted octanol–water partition coefficient (Wildman–Crippen LogP) is 3.29. The van der Waals surface area contributed by atoms with Gasteiger partial charge in [-0.3, -0.25) is 4.90 Å². The van der Waals surface area contributed by atoms with E-state index in [4.69, 9.17) is 0 Å². The third-order valence-electron chi connectivity index (χ3n) is 3.70. The molecule has 0 amide bonds. The zero-order valence-corrected chi connectivity index (χ0v) is 10.1. The molecule has 0 aliphatic carbocycles. The van der Waals surface area contributed by atoms with E-state index in [1.807, 2.05) is 0 Å².